The van der Waals surface area contributed by atoms with E-state index in [-0.39, 0.29) is 38.6 Å². The summed E-state index contributed by atoms with van der Waals surface area (Å²) in [5, 5.41) is 0. The molecular formula is C41H80NO8P. The molecule has 0 heterocycles. The van der Waals surface area contributed by atoms with Crippen LogP contribution in [0.5, 0.6) is 0 Å². The molecule has 0 bridgehead atoms. The summed E-state index contributed by atoms with van der Waals surface area (Å²) in [6.45, 7) is 3.73. The Morgan fingerprint density at radius 1 is 0.569 bits per heavy atom. The van der Waals surface area contributed by atoms with Crippen molar-refractivity contribution in [2.75, 3.05) is 26.4 Å². The zero-order valence-electron chi connectivity index (χ0n) is 33.1. The monoisotopic (exact) mass is 746 g/mol. The molecule has 0 spiro atoms. The molecule has 51 heavy (non-hydrogen) atoms. The van der Waals surface area contributed by atoms with Gasteiger partial charge in [-0.2, -0.15) is 0 Å². The number of hydrogen-bond donors (Lipinski definition) is 2. The van der Waals surface area contributed by atoms with E-state index in [9.17, 15) is 19.0 Å². The first-order chi connectivity index (χ1) is 24.8. The van der Waals surface area contributed by atoms with Gasteiger partial charge in [-0.05, 0) is 38.5 Å². The average molecular weight is 746 g/mol. The Bertz CT molecular complexity index is 856. The topological polar surface area (TPSA) is 134 Å². The Morgan fingerprint density at radius 3 is 1.41 bits per heavy atom. The standard InChI is InChI=1S/C41H80NO8P/c1-3-5-7-9-11-13-15-17-19-21-23-25-27-29-31-33-40(43)47-37-39(38-49-51(45,46)48-36-35-42)50-41(44)34-32-30-28-26-24-22-20-18-16-14-12-10-8-6-4-2/h22,24,39H,3-21,23,25-38,42H2,1-2H3,(H,45,46)/b24-22-/t39-/m1/s1. The maximum atomic E-state index is 12.5. The van der Waals surface area contributed by atoms with Gasteiger partial charge in [-0.15, -0.1) is 0 Å². The molecule has 0 saturated heterocycles. The fraction of sp³-hybridized carbons (Fsp3) is 0.902. The van der Waals surface area contributed by atoms with Gasteiger partial charge in [0, 0.05) is 19.4 Å². The van der Waals surface area contributed by atoms with Crippen molar-refractivity contribution < 1.29 is 37.6 Å². The molecule has 1 unspecified atom stereocenters. The van der Waals surface area contributed by atoms with Gasteiger partial charge in [0.25, 0.3) is 0 Å². The predicted octanol–water partition coefficient (Wildman–Crippen LogP) is 11.8. The normalized spacial score (nSPS) is 13.4. The van der Waals surface area contributed by atoms with Gasteiger partial charge in [-0.1, -0.05) is 167 Å². The van der Waals surface area contributed by atoms with Crippen molar-refractivity contribution in [2.24, 2.45) is 5.73 Å². The van der Waals surface area contributed by atoms with Gasteiger partial charge in [0.2, 0.25) is 0 Å². The Morgan fingerprint density at radius 2 is 0.961 bits per heavy atom. The Kier molecular flexibility index (Phi) is 37.5. The number of hydrogen-bond acceptors (Lipinski definition) is 8. The largest absolute Gasteiger partial charge is 0.472 e. The maximum Gasteiger partial charge on any atom is 0.472 e. The summed E-state index contributed by atoms with van der Waals surface area (Å²) >= 11 is 0. The molecule has 302 valence electrons. The van der Waals surface area contributed by atoms with E-state index in [1.54, 1.807) is 0 Å². The van der Waals surface area contributed by atoms with Gasteiger partial charge >= 0.3 is 19.8 Å². The second-order valence-corrected chi connectivity index (χ2v) is 15.7. The third-order valence-corrected chi connectivity index (χ3v) is 10.1. The van der Waals surface area contributed by atoms with Crippen molar-refractivity contribution in [2.45, 2.75) is 213 Å². The van der Waals surface area contributed by atoms with Crippen LogP contribution in [0.2, 0.25) is 0 Å². The van der Waals surface area contributed by atoms with Crippen molar-refractivity contribution in [1.82, 2.24) is 0 Å². The van der Waals surface area contributed by atoms with Crippen LogP contribution in [-0.4, -0.2) is 49.3 Å². The van der Waals surface area contributed by atoms with E-state index in [0.29, 0.717) is 6.42 Å². The van der Waals surface area contributed by atoms with E-state index >= 15 is 0 Å². The van der Waals surface area contributed by atoms with Gasteiger partial charge in [0.15, 0.2) is 6.10 Å². The molecule has 0 aromatic heterocycles. The fourth-order valence-corrected chi connectivity index (χ4v) is 6.75. The van der Waals surface area contributed by atoms with Crippen LogP contribution in [0.1, 0.15) is 206 Å². The highest BCUT2D eigenvalue weighted by Gasteiger charge is 2.26. The van der Waals surface area contributed by atoms with Crippen LogP contribution in [0.3, 0.4) is 0 Å². The van der Waals surface area contributed by atoms with Gasteiger partial charge in [-0.25, -0.2) is 4.57 Å². The van der Waals surface area contributed by atoms with Gasteiger partial charge in [0.1, 0.15) is 6.61 Å². The fourth-order valence-electron chi connectivity index (χ4n) is 5.98. The lowest BCUT2D eigenvalue weighted by Crippen LogP contribution is -2.29. The van der Waals surface area contributed by atoms with Crippen LogP contribution in [0.15, 0.2) is 12.2 Å². The summed E-state index contributed by atoms with van der Waals surface area (Å²) in [7, 11) is -4.37. The molecule has 2 atom stereocenters. The molecule has 3 N–H and O–H groups in total. The SMILES string of the molecule is CCCCCCCCCC/C=C\CCCCCC(=O)O[C@H](COC(=O)CCCCCCCCCCCCCCCCC)COP(=O)(O)OCCN. The molecule has 0 aliphatic rings. The van der Waals surface area contributed by atoms with Gasteiger partial charge in [0.05, 0.1) is 13.2 Å². The van der Waals surface area contributed by atoms with Crippen LogP contribution >= 0.6 is 7.82 Å². The highest BCUT2D eigenvalue weighted by atomic mass is 31.2. The molecular weight excluding hydrogens is 665 g/mol. The summed E-state index contributed by atoms with van der Waals surface area (Å²) in [6, 6.07) is 0. The number of allylic oxidation sites excluding steroid dienone is 2. The molecule has 9 nitrogen and oxygen atoms in total. The second kappa shape index (κ2) is 38.5. The zero-order valence-corrected chi connectivity index (χ0v) is 34.0. The van der Waals surface area contributed by atoms with Gasteiger partial charge in [-0.3, -0.25) is 18.6 Å². The molecule has 0 radical (unpaired) electrons. The number of phosphoric acid groups is 1. The zero-order chi connectivity index (χ0) is 37.5. The van der Waals surface area contributed by atoms with Crippen LogP contribution in [0.25, 0.3) is 0 Å². The number of carbonyl (C=O) groups is 2. The summed E-state index contributed by atoms with van der Waals surface area (Å²) in [5.74, 6) is -0.837. The predicted molar refractivity (Wildman–Crippen MR) is 211 cm³/mol. The number of ether oxygens (including phenoxy) is 2. The minimum absolute atomic E-state index is 0.0539. The third kappa shape index (κ3) is 38.3. The number of nitrogens with two attached hydrogens (primary N) is 1. The molecule has 0 saturated carbocycles. The van der Waals surface area contributed by atoms with Crippen molar-refractivity contribution in [3.05, 3.63) is 12.2 Å². The maximum absolute atomic E-state index is 12.5. The molecule has 10 heteroatoms. The Labute approximate surface area is 313 Å². The van der Waals surface area contributed by atoms with E-state index in [0.717, 1.165) is 44.9 Å². The summed E-state index contributed by atoms with van der Waals surface area (Å²) in [6.07, 6.45) is 38.1. The number of rotatable bonds is 40. The molecule has 0 aliphatic heterocycles. The van der Waals surface area contributed by atoms with E-state index in [4.69, 9.17) is 24.3 Å². The lowest BCUT2D eigenvalue weighted by Gasteiger charge is -2.19. The van der Waals surface area contributed by atoms with E-state index in [1.807, 2.05) is 0 Å². The first-order valence-electron chi connectivity index (χ1n) is 21.2. The molecule has 0 amide bonds. The van der Waals surface area contributed by atoms with Crippen LogP contribution < -0.4 is 5.73 Å². The van der Waals surface area contributed by atoms with E-state index in [1.165, 1.54) is 128 Å². The molecule has 0 aliphatic carbocycles. The van der Waals surface area contributed by atoms with Crippen LogP contribution in [0.4, 0.5) is 0 Å². The molecule has 0 rings (SSSR count). The lowest BCUT2D eigenvalue weighted by molar-refractivity contribution is -0.161. The van der Waals surface area contributed by atoms with Gasteiger partial charge < -0.3 is 20.1 Å². The molecule has 0 aromatic carbocycles. The van der Waals surface area contributed by atoms with Crippen molar-refractivity contribution in [3.63, 3.8) is 0 Å². The van der Waals surface area contributed by atoms with Crippen LogP contribution in [0, 0.1) is 0 Å². The number of esters is 2. The second-order valence-electron chi connectivity index (χ2n) is 14.2. The Hall–Kier alpha value is -1.25. The smallest absolute Gasteiger partial charge is 0.462 e. The van der Waals surface area contributed by atoms with E-state index < -0.39 is 26.5 Å². The summed E-state index contributed by atoms with van der Waals surface area (Å²) < 4.78 is 32.7. The van der Waals surface area contributed by atoms with Crippen LogP contribution in [-0.2, 0) is 32.7 Å². The first kappa shape index (κ1) is 49.8. The lowest BCUT2D eigenvalue weighted by atomic mass is 10.0. The quantitative estimate of drug-likeness (QED) is 0.0272. The minimum atomic E-state index is -4.37. The average Bonchev–Trinajstić information content (AvgIpc) is 3.11. The number of unbranched alkanes of at least 4 members (excludes halogenated alkanes) is 25. The van der Waals surface area contributed by atoms with Crippen molar-refractivity contribution >= 4 is 19.8 Å². The van der Waals surface area contributed by atoms with Crippen molar-refractivity contribution in [3.8, 4) is 0 Å². The number of carbonyl (C=O) groups excluding carboxylic acids is 2. The number of phosphoric ester groups is 1. The molecule has 0 aromatic rings. The highest BCUT2D eigenvalue weighted by Crippen LogP contribution is 2.43. The Balaban J connectivity index is 4.16. The highest BCUT2D eigenvalue weighted by molar-refractivity contribution is 7.47. The third-order valence-electron chi connectivity index (χ3n) is 9.15. The minimum Gasteiger partial charge on any atom is -0.462 e. The first-order valence-corrected chi connectivity index (χ1v) is 22.7. The molecule has 0 fully saturated rings. The summed E-state index contributed by atoms with van der Waals surface area (Å²) in [5.41, 5.74) is 5.34. The van der Waals surface area contributed by atoms with Crippen molar-refractivity contribution in [1.29, 1.82) is 0 Å². The summed E-state index contributed by atoms with van der Waals surface area (Å²) in [4.78, 5) is 34.8. The van der Waals surface area contributed by atoms with E-state index in [2.05, 4.69) is 26.0 Å².